The molecule has 1 aromatic carbocycles. The lowest BCUT2D eigenvalue weighted by molar-refractivity contribution is -0.138. The van der Waals surface area contributed by atoms with Crippen LogP contribution in [0.3, 0.4) is 0 Å². The van der Waals surface area contributed by atoms with Crippen molar-refractivity contribution in [2.75, 3.05) is 20.2 Å². The zero-order valence-electron chi connectivity index (χ0n) is 11.6. The summed E-state index contributed by atoms with van der Waals surface area (Å²) >= 11 is 6.11. The number of nitrogens with zero attached hydrogens (tertiary/aromatic N) is 1. The minimum Gasteiger partial charge on any atom is -0.375 e. The van der Waals surface area contributed by atoms with Gasteiger partial charge in [-0.15, -0.1) is 12.4 Å². The third-order valence-electron chi connectivity index (χ3n) is 3.32. The van der Waals surface area contributed by atoms with Gasteiger partial charge in [0.1, 0.15) is 6.04 Å². The van der Waals surface area contributed by atoms with E-state index in [4.69, 9.17) is 16.3 Å². The van der Waals surface area contributed by atoms with Crippen molar-refractivity contribution < 1.29 is 9.53 Å². The van der Waals surface area contributed by atoms with E-state index < -0.39 is 0 Å². The molecule has 6 heteroatoms. The van der Waals surface area contributed by atoms with E-state index in [2.05, 4.69) is 5.32 Å². The molecule has 1 aliphatic rings. The van der Waals surface area contributed by atoms with Gasteiger partial charge in [-0.2, -0.15) is 0 Å². The van der Waals surface area contributed by atoms with Gasteiger partial charge in [0.25, 0.3) is 0 Å². The normalized spacial score (nSPS) is 21.9. The summed E-state index contributed by atoms with van der Waals surface area (Å²) < 4.78 is 5.50. The second kappa shape index (κ2) is 7.84. The van der Waals surface area contributed by atoms with Gasteiger partial charge in [-0.05, 0) is 18.6 Å². The van der Waals surface area contributed by atoms with Crippen LogP contribution in [0.4, 0.5) is 0 Å². The molecule has 112 valence electrons. The Morgan fingerprint density at radius 3 is 2.85 bits per heavy atom. The van der Waals surface area contributed by atoms with Gasteiger partial charge in [-0.25, -0.2) is 0 Å². The Morgan fingerprint density at radius 2 is 2.20 bits per heavy atom. The molecule has 1 fully saturated rings. The van der Waals surface area contributed by atoms with Crippen LogP contribution in [0.2, 0.25) is 5.02 Å². The third-order valence-corrected chi connectivity index (χ3v) is 3.69. The SMILES string of the molecule is C[C@H]1OCCN[C@@H]1C(=O)N(C)Cc1ccccc1Cl.Cl. The summed E-state index contributed by atoms with van der Waals surface area (Å²) in [5.74, 6) is 0.0344. The molecule has 0 bridgehead atoms. The third kappa shape index (κ3) is 4.09. The molecule has 0 saturated carbocycles. The Morgan fingerprint density at radius 1 is 1.50 bits per heavy atom. The van der Waals surface area contributed by atoms with Crippen molar-refractivity contribution in [3.8, 4) is 0 Å². The summed E-state index contributed by atoms with van der Waals surface area (Å²) in [7, 11) is 1.79. The first-order valence-corrected chi connectivity index (χ1v) is 6.80. The number of hydrogen-bond acceptors (Lipinski definition) is 3. The van der Waals surface area contributed by atoms with Crippen molar-refractivity contribution in [3.63, 3.8) is 0 Å². The molecule has 4 nitrogen and oxygen atoms in total. The Hall–Kier alpha value is -0.810. The lowest BCUT2D eigenvalue weighted by atomic mass is 10.1. The Bertz CT molecular complexity index is 457. The Balaban J connectivity index is 0.00000200. The van der Waals surface area contributed by atoms with Gasteiger partial charge < -0.3 is 15.0 Å². The fourth-order valence-electron chi connectivity index (χ4n) is 2.21. The number of rotatable bonds is 3. The van der Waals surface area contributed by atoms with E-state index in [0.29, 0.717) is 24.7 Å². The Kier molecular flexibility index (Phi) is 6.76. The van der Waals surface area contributed by atoms with Crippen LogP contribution < -0.4 is 5.32 Å². The number of morpholine rings is 1. The highest BCUT2D eigenvalue weighted by Gasteiger charge is 2.30. The summed E-state index contributed by atoms with van der Waals surface area (Å²) in [5, 5.41) is 3.88. The first kappa shape index (κ1) is 17.2. The number of carbonyl (C=O) groups is 1. The highest BCUT2D eigenvalue weighted by molar-refractivity contribution is 6.31. The molecular formula is C14H20Cl2N2O2. The molecule has 1 aliphatic heterocycles. The predicted molar refractivity (Wildman–Crippen MR) is 82.4 cm³/mol. The second-order valence-electron chi connectivity index (χ2n) is 4.79. The second-order valence-corrected chi connectivity index (χ2v) is 5.20. The molecule has 1 heterocycles. The molecule has 1 N–H and O–H groups in total. The molecule has 2 rings (SSSR count). The molecule has 0 aliphatic carbocycles. The lowest BCUT2D eigenvalue weighted by Crippen LogP contribution is -2.55. The maximum Gasteiger partial charge on any atom is 0.242 e. The summed E-state index contributed by atoms with van der Waals surface area (Å²) in [6.45, 7) is 3.78. The van der Waals surface area contributed by atoms with E-state index in [0.717, 1.165) is 5.56 Å². The lowest BCUT2D eigenvalue weighted by Gasteiger charge is -2.32. The first-order valence-electron chi connectivity index (χ1n) is 6.43. The number of hydrogen-bond donors (Lipinski definition) is 1. The Labute approximate surface area is 130 Å². The van der Waals surface area contributed by atoms with Crippen molar-refractivity contribution in [1.29, 1.82) is 0 Å². The number of amides is 1. The minimum absolute atomic E-state index is 0. The van der Waals surface area contributed by atoms with Crippen LogP contribution in [0.1, 0.15) is 12.5 Å². The van der Waals surface area contributed by atoms with E-state index in [1.54, 1.807) is 11.9 Å². The molecule has 0 unspecified atom stereocenters. The van der Waals surface area contributed by atoms with Crippen molar-refractivity contribution >= 4 is 29.9 Å². The molecule has 0 aromatic heterocycles. The first-order chi connectivity index (χ1) is 9.09. The van der Waals surface area contributed by atoms with Crippen LogP contribution in [-0.4, -0.2) is 43.2 Å². The maximum atomic E-state index is 12.4. The van der Waals surface area contributed by atoms with Crippen LogP contribution in [0, 0.1) is 0 Å². The minimum atomic E-state index is -0.277. The van der Waals surface area contributed by atoms with Crippen LogP contribution in [0.5, 0.6) is 0 Å². The van der Waals surface area contributed by atoms with E-state index in [9.17, 15) is 4.79 Å². The fraction of sp³-hybridized carbons (Fsp3) is 0.500. The molecule has 1 saturated heterocycles. The van der Waals surface area contributed by atoms with Crippen molar-refractivity contribution in [3.05, 3.63) is 34.9 Å². The van der Waals surface area contributed by atoms with Gasteiger partial charge in [0.05, 0.1) is 12.7 Å². The standard InChI is InChI=1S/C14H19ClN2O2.ClH/c1-10-13(16-7-8-19-10)14(18)17(2)9-11-5-3-4-6-12(11)15;/h3-6,10,13,16H,7-9H2,1-2H3;1H/t10-,13+;/m1./s1. The predicted octanol–water partition coefficient (Wildman–Crippen LogP) is 2.10. The van der Waals surface area contributed by atoms with Gasteiger partial charge >= 0.3 is 0 Å². The molecule has 1 aromatic rings. The highest BCUT2D eigenvalue weighted by Crippen LogP contribution is 2.17. The molecule has 0 radical (unpaired) electrons. The topological polar surface area (TPSA) is 41.6 Å². The summed E-state index contributed by atoms with van der Waals surface area (Å²) in [4.78, 5) is 14.0. The smallest absolute Gasteiger partial charge is 0.242 e. The number of likely N-dealkylation sites (N-methyl/N-ethyl adjacent to an activating group) is 1. The largest absolute Gasteiger partial charge is 0.375 e. The average Bonchev–Trinajstić information content (AvgIpc) is 2.41. The van der Waals surface area contributed by atoms with Crippen molar-refractivity contribution in [1.82, 2.24) is 10.2 Å². The number of carbonyl (C=O) groups excluding carboxylic acids is 1. The zero-order chi connectivity index (χ0) is 13.8. The number of halogens is 2. The summed E-state index contributed by atoms with van der Waals surface area (Å²) in [6, 6.07) is 7.29. The number of nitrogens with one attached hydrogen (secondary N) is 1. The summed E-state index contributed by atoms with van der Waals surface area (Å²) in [6.07, 6.45) is -0.102. The highest BCUT2D eigenvalue weighted by atomic mass is 35.5. The van der Waals surface area contributed by atoms with Crippen LogP contribution in [0.25, 0.3) is 0 Å². The van der Waals surface area contributed by atoms with Gasteiger partial charge in [0.2, 0.25) is 5.91 Å². The maximum absolute atomic E-state index is 12.4. The van der Waals surface area contributed by atoms with E-state index in [1.165, 1.54) is 0 Å². The van der Waals surface area contributed by atoms with Crippen molar-refractivity contribution in [2.45, 2.75) is 25.6 Å². The monoisotopic (exact) mass is 318 g/mol. The van der Waals surface area contributed by atoms with Gasteiger partial charge in [-0.3, -0.25) is 4.79 Å². The van der Waals surface area contributed by atoms with E-state index in [-0.39, 0.29) is 30.5 Å². The van der Waals surface area contributed by atoms with Gasteiger partial charge in [-0.1, -0.05) is 29.8 Å². The number of benzene rings is 1. The summed E-state index contributed by atoms with van der Waals surface area (Å²) in [5.41, 5.74) is 0.949. The molecule has 2 atom stereocenters. The van der Waals surface area contributed by atoms with E-state index in [1.807, 2.05) is 31.2 Å². The average molecular weight is 319 g/mol. The van der Waals surface area contributed by atoms with E-state index >= 15 is 0 Å². The van der Waals surface area contributed by atoms with Crippen LogP contribution in [-0.2, 0) is 16.1 Å². The molecule has 20 heavy (non-hydrogen) atoms. The molecular weight excluding hydrogens is 299 g/mol. The van der Waals surface area contributed by atoms with Gasteiger partial charge in [0.15, 0.2) is 0 Å². The van der Waals surface area contributed by atoms with Gasteiger partial charge in [0, 0.05) is 25.2 Å². The number of ether oxygens (including phenoxy) is 1. The molecule has 1 amide bonds. The van der Waals surface area contributed by atoms with Crippen LogP contribution >= 0.6 is 24.0 Å². The fourth-order valence-corrected chi connectivity index (χ4v) is 2.40. The zero-order valence-corrected chi connectivity index (χ0v) is 13.2. The molecule has 0 spiro atoms. The van der Waals surface area contributed by atoms with Crippen LogP contribution in [0.15, 0.2) is 24.3 Å². The van der Waals surface area contributed by atoms with Crippen molar-refractivity contribution in [2.24, 2.45) is 0 Å². The quantitative estimate of drug-likeness (QED) is 0.928.